The Morgan fingerprint density at radius 3 is 1.67 bits per heavy atom. The molecule has 34 valence electrons. The van der Waals surface area contributed by atoms with Crippen molar-refractivity contribution in [3.8, 4) is 0 Å². The van der Waals surface area contributed by atoms with E-state index in [1.54, 1.807) is 0 Å². The first-order valence-electron chi connectivity index (χ1n) is 1.17. The average Bonchev–Trinajstić information content (AvgIpc) is 1.36. The molecule has 0 heterocycles. The fourth-order valence-electron chi connectivity index (χ4n) is 0. The lowest BCUT2D eigenvalue weighted by Crippen LogP contribution is -1.93. The fraction of sp³-hybridized carbons (Fsp3) is 0. The van der Waals surface area contributed by atoms with Gasteiger partial charge in [0.2, 0.25) is 0 Å². The molecule has 0 spiro atoms. The Morgan fingerprint density at radius 2 is 1.67 bits per heavy atom. The van der Waals surface area contributed by atoms with Crippen LogP contribution in [0.4, 0.5) is 12.6 Å². The maximum atomic E-state index is 10.9. The third kappa shape index (κ3) is 2.01. The number of hydrogen-bond donors (Lipinski definition) is 0. The molecule has 0 rings (SSSR count). The maximum Gasteiger partial charge on any atom is 0.827 e. The van der Waals surface area contributed by atoms with Gasteiger partial charge in [-0.3, -0.25) is 0 Å². The molecule has 0 unspecified atom stereocenters. The van der Waals surface area contributed by atoms with Crippen molar-refractivity contribution in [2.75, 3.05) is 0 Å². The molecule has 0 amide bonds. The zero-order valence-electron chi connectivity index (χ0n) is 2.84. The third-order valence-electron chi connectivity index (χ3n) is 0.205. The van der Waals surface area contributed by atoms with Crippen molar-refractivity contribution < 1.29 is 12.6 Å². The van der Waals surface area contributed by atoms with Crippen LogP contribution in [0.1, 0.15) is 0 Å². The van der Waals surface area contributed by atoms with Crippen LogP contribution in [0.15, 0.2) is 12.0 Å². The molecule has 0 N–H and O–H groups in total. The van der Waals surface area contributed by atoms with Gasteiger partial charge < -0.3 is 0 Å². The first-order valence-corrected chi connectivity index (χ1v) is 2.43. The number of halogens is 3. The lowest BCUT2D eigenvalue weighted by Gasteiger charge is -1.59. The van der Waals surface area contributed by atoms with E-state index in [0.29, 0.717) is 0 Å². The van der Waals surface area contributed by atoms with Gasteiger partial charge in [0.25, 0.3) is 5.45 Å². The van der Waals surface area contributed by atoms with Crippen LogP contribution in [0.25, 0.3) is 0 Å². The molecule has 0 aliphatic heterocycles. The highest BCUT2D eigenvalue weighted by molar-refractivity contribution is 6.50. The quantitative estimate of drug-likeness (QED) is 0.354. The number of hydrogen-bond acceptors (Lipinski definition) is 0. The van der Waals surface area contributed by atoms with Crippen molar-refractivity contribution in [1.82, 2.24) is 0 Å². The topological polar surface area (TPSA) is 0 Å². The SMILES string of the molecule is C=C(F)[Si+](F)F. The summed E-state index contributed by atoms with van der Waals surface area (Å²) >= 11 is 0. The minimum atomic E-state index is -3.81. The van der Waals surface area contributed by atoms with Gasteiger partial charge in [0.1, 0.15) is 0 Å². The van der Waals surface area contributed by atoms with E-state index >= 15 is 0 Å². The van der Waals surface area contributed by atoms with Crippen LogP contribution in [-0.4, -0.2) is 9.46 Å². The van der Waals surface area contributed by atoms with Crippen LogP contribution in [0.5, 0.6) is 0 Å². The van der Waals surface area contributed by atoms with Crippen LogP contribution >= 0.6 is 0 Å². The predicted octanol–water partition coefficient (Wildman–Crippen LogP) is 1.44. The summed E-state index contributed by atoms with van der Waals surface area (Å²) in [6, 6.07) is 0. The van der Waals surface area contributed by atoms with E-state index in [1.165, 1.54) is 0 Å². The van der Waals surface area contributed by atoms with Crippen molar-refractivity contribution >= 4 is 9.46 Å². The first kappa shape index (κ1) is 5.75. The van der Waals surface area contributed by atoms with Crippen LogP contribution in [0.2, 0.25) is 0 Å². The molecule has 0 nitrogen and oxygen atoms in total. The molecule has 0 aromatic heterocycles. The Kier molecular flexibility index (Phi) is 1.93. The largest absolute Gasteiger partial charge is 0.827 e. The minimum absolute atomic E-state index is 1.47. The van der Waals surface area contributed by atoms with E-state index in [-0.39, 0.29) is 0 Å². The zero-order valence-corrected chi connectivity index (χ0v) is 3.84. The summed E-state index contributed by atoms with van der Waals surface area (Å²) in [4.78, 5) is 0. The van der Waals surface area contributed by atoms with Crippen molar-refractivity contribution in [3.63, 3.8) is 0 Å². The van der Waals surface area contributed by atoms with E-state index in [1.807, 2.05) is 0 Å². The van der Waals surface area contributed by atoms with Gasteiger partial charge in [0.05, 0.1) is 0 Å². The fourth-order valence-corrected chi connectivity index (χ4v) is 0. The Bertz CT molecular complexity index is 59.8. The molecule has 0 aromatic carbocycles. The van der Waals surface area contributed by atoms with E-state index in [0.717, 1.165) is 0 Å². The van der Waals surface area contributed by atoms with Crippen molar-refractivity contribution in [2.24, 2.45) is 0 Å². The van der Waals surface area contributed by atoms with Gasteiger partial charge in [-0.15, -0.1) is 0 Å². The molecule has 0 aliphatic carbocycles. The highest BCUT2D eigenvalue weighted by atomic mass is 28.4. The van der Waals surface area contributed by atoms with Crippen molar-refractivity contribution in [2.45, 2.75) is 0 Å². The second kappa shape index (κ2) is 2.02. The molecule has 0 fully saturated rings. The highest BCUT2D eigenvalue weighted by Crippen LogP contribution is 1.99. The second-order valence-corrected chi connectivity index (χ2v) is 1.73. The predicted molar refractivity (Wildman–Crippen MR) is 18.2 cm³/mol. The standard InChI is InChI=1S/C2H2F3Si/c1-2(3)6(4)5/h1H2/q+1. The van der Waals surface area contributed by atoms with Crippen LogP contribution in [0, 0.1) is 0 Å². The third-order valence-corrected chi connectivity index (χ3v) is 0.615. The maximum absolute atomic E-state index is 10.9. The Morgan fingerprint density at radius 1 is 1.50 bits per heavy atom. The van der Waals surface area contributed by atoms with Gasteiger partial charge in [-0.2, -0.15) is 4.39 Å². The average molecular weight is 111 g/mol. The monoisotopic (exact) mass is 111 g/mol. The molecule has 0 atom stereocenters. The summed E-state index contributed by atoms with van der Waals surface area (Å²) in [5.41, 5.74) is -1.47. The molecule has 4 heteroatoms. The normalized spacial score (nSPS) is 7.83. The summed E-state index contributed by atoms with van der Waals surface area (Å²) < 4.78 is 32.5. The van der Waals surface area contributed by atoms with Gasteiger partial charge in [0.15, 0.2) is 0 Å². The number of rotatable bonds is 1. The Labute approximate surface area is 35.2 Å². The van der Waals surface area contributed by atoms with Crippen LogP contribution in [-0.2, 0) is 0 Å². The Balaban J connectivity index is 3.26. The molecular formula is C2H2F3Si+. The first-order chi connectivity index (χ1) is 2.64. The Hall–Kier alpha value is -0.253. The molecule has 0 saturated carbocycles. The van der Waals surface area contributed by atoms with E-state index < -0.39 is 14.9 Å². The summed E-state index contributed by atoms with van der Waals surface area (Å²) in [5.74, 6) is 0. The molecule has 0 saturated heterocycles. The van der Waals surface area contributed by atoms with Crippen molar-refractivity contribution in [1.29, 1.82) is 0 Å². The lowest BCUT2D eigenvalue weighted by atomic mass is 11.2. The molecule has 6 heavy (non-hydrogen) atoms. The molecule has 0 radical (unpaired) electrons. The molecule has 0 aliphatic rings. The van der Waals surface area contributed by atoms with Crippen LogP contribution in [0.3, 0.4) is 0 Å². The van der Waals surface area contributed by atoms with Gasteiger partial charge >= 0.3 is 9.46 Å². The van der Waals surface area contributed by atoms with E-state index in [4.69, 9.17) is 0 Å². The summed E-state index contributed by atoms with van der Waals surface area (Å²) in [5, 5.41) is 0. The highest BCUT2D eigenvalue weighted by Gasteiger charge is 2.36. The zero-order chi connectivity index (χ0) is 5.15. The molecule has 0 bridgehead atoms. The minimum Gasteiger partial charge on any atom is -0.170 e. The summed E-state index contributed by atoms with van der Waals surface area (Å²) in [7, 11) is -3.81. The van der Waals surface area contributed by atoms with Crippen LogP contribution < -0.4 is 0 Å². The van der Waals surface area contributed by atoms with Gasteiger partial charge in [-0.1, -0.05) is 0 Å². The van der Waals surface area contributed by atoms with E-state index in [9.17, 15) is 12.6 Å². The van der Waals surface area contributed by atoms with Crippen molar-refractivity contribution in [3.05, 3.63) is 12.0 Å². The summed E-state index contributed by atoms with van der Waals surface area (Å²) in [6.45, 7) is 2.38. The smallest absolute Gasteiger partial charge is 0.170 e. The summed E-state index contributed by atoms with van der Waals surface area (Å²) in [6.07, 6.45) is 0. The van der Waals surface area contributed by atoms with E-state index in [2.05, 4.69) is 6.58 Å². The van der Waals surface area contributed by atoms with Gasteiger partial charge in [0, 0.05) is 0 Å². The lowest BCUT2D eigenvalue weighted by molar-refractivity contribution is 0.596. The molecule has 0 aromatic rings. The molecular weight excluding hydrogens is 109 g/mol. The van der Waals surface area contributed by atoms with Gasteiger partial charge in [-0.05, 0) is 14.8 Å². The second-order valence-electron chi connectivity index (χ2n) is 0.665. The van der Waals surface area contributed by atoms with Gasteiger partial charge in [-0.25, -0.2) is 0 Å².